The molecule has 0 unspecified atom stereocenters. The highest BCUT2D eigenvalue weighted by Crippen LogP contribution is 2.29. The molecule has 0 aliphatic carbocycles. The molecule has 6 nitrogen and oxygen atoms in total. The third-order valence-electron chi connectivity index (χ3n) is 4.15. The molecule has 0 aliphatic rings. The Balaban J connectivity index is 2.04. The fourth-order valence-electron chi connectivity index (χ4n) is 2.89. The van der Waals surface area contributed by atoms with Crippen LogP contribution in [0.25, 0.3) is 33.1 Å². The number of phenols is 1. The van der Waals surface area contributed by atoms with Crippen molar-refractivity contribution >= 4 is 27.7 Å². The first-order valence-electron chi connectivity index (χ1n) is 7.79. The monoisotopic (exact) mass is 348 g/mol. The second-order valence-electron chi connectivity index (χ2n) is 5.90. The van der Waals surface area contributed by atoms with Crippen LogP contribution in [0.4, 0.5) is 0 Å². The molecule has 0 atom stereocenters. The molecule has 2 heterocycles. The summed E-state index contributed by atoms with van der Waals surface area (Å²) in [7, 11) is 0. The summed E-state index contributed by atoms with van der Waals surface area (Å²) in [4.78, 5) is 36.1. The molecule has 0 amide bonds. The summed E-state index contributed by atoms with van der Waals surface area (Å²) in [6, 6.07) is 12.5. The molecule has 128 valence electrons. The molecule has 0 fully saturated rings. The van der Waals surface area contributed by atoms with Crippen molar-refractivity contribution in [1.29, 1.82) is 0 Å². The zero-order chi connectivity index (χ0) is 18.4. The number of para-hydroxylation sites is 1. The Morgan fingerprint density at radius 3 is 2.46 bits per heavy atom. The number of benzene rings is 2. The molecular weight excluding hydrogens is 336 g/mol. The molecule has 4 aromatic rings. The minimum absolute atomic E-state index is 0.0127. The van der Waals surface area contributed by atoms with Gasteiger partial charge in [-0.25, -0.2) is 9.59 Å². The van der Waals surface area contributed by atoms with Crippen molar-refractivity contribution in [2.24, 2.45) is 0 Å². The van der Waals surface area contributed by atoms with Crippen LogP contribution in [0.5, 0.6) is 5.75 Å². The maximum absolute atomic E-state index is 12.4. The van der Waals surface area contributed by atoms with Crippen molar-refractivity contribution < 1.29 is 18.7 Å². The molecule has 0 radical (unpaired) electrons. The summed E-state index contributed by atoms with van der Waals surface area (Å²) < 4.78 is 10.6. The normalized spacial score (nSPS) is 11.1. The SMILES string of the molecule is CC(=O)c1cc2cccc(-c3cc4ccc(O)cc4oc3=O)c2oc1=O. The number of carbonyl (C=O) groups is 1. The first-order chi connectivity index (χ1) is 12.4. The maximum Gasteiger partial charge on any atom is 0.347 e. The molecule has 2 aromatic heterocycles. The Labute approximate surface area is 145 Å². The molecule has 2 aromatic carbocycles. The van der Waals surface area contributed by atoms with Gasteiger partial charge in [0.2, 0.25) is 0 Å². The molecule has 0 spiro atoms. The van der Waals surface area contributed by atoms with E-state index in [-0.39, 0.29) is 28.0 Å². The Bertz CT molecular complexity index is 1310. The number of ketones is 1. The average molecular weight is 348 g/mol. The second kappa shape index (κ2) is 5.70. The van der Waals surface area contributed by atoms with Gasteiger partial charge in [0.25, 0.3) is 0 Å². The van der Waals surface area contributed by atoms with E-state index in [1.165, 1.54) is 25.1 Å². The highest BCUT2D eigenvalue weighted by Gasteiger charge is 2.16. The maximum atomic E-state index is 12.4. The van der Waals surface area contributed by atoms with Gasteiger partial charge in [-0.2, -0.15) is 0 Å². The van der Waals surface area contributed by atoms with Crippen molar-refractivity contribution in [2.75, 3.05) is 0 Å². The number of Topliss-reactive ketones (excluding diaryl/α,β-unsaturated/α-hetero) is 1. The van der Waals surface area contributed by atoms with Crippen LogP contribution < -0.4 is 11.3 Å². The molecular formula is C20H12O6. The second-order valence-corrected chi connectivity index (χ2v) is 5.90. The molecule has 0 bridgehead atoms. The molecule has 26 heavy (non-hydrogen) atoms. The highest BCUT2D eigenvalue weighted by atomic mass is 16.4. The Kier molecular flexibility index (Phi) is 3.47. The van der Waals surface area contributed by atoms with Gasteiger partial charge in [-0.05, 0) is 31.2 Å². The molecule has 0 saturated carbocycles. The predicted octanol–water partition coefficient (Wildman–Crippen LogP) is 3.47. The topological polar surface area (TPSA) is 97.7 Å². The van der Waals surface area contributed by atoms with Crippen LogP contribution in [0.15, 0.2) is 67.0 Å². The van der Waals surface area contributed by atoms with Crippen molar-refractivity contribution in [3.8, 4) is 16.9 Å². The van der Waals surface area contributed by atoms with E-state index in [0.29, 0.717) is 16.3 Å². The molecule has 0 saturated heterocycles. The van der Waals surface area contributed by atoms with Gasteiger partial charge in [0.15, 0.2) is 5.78 Å². The number of carbonyl (C=O) groups excluding carboxylic acids is 1. The quantitative estimate of drug-likeness (QED) is 0.440. The van der Waals surface area contributed by atoms with E-state index in [2.05, 4.69) is 0 Å². The lowest BCUT2D eigenvalue weighted by Gasteiger charge is -2.06. The van der Waals surface area contributed by atoms with Gasteiger partial charge in [-0.1, -0.05) is 18.2 Å². The van der Waals surface area contributed by atoms with Crippen LogP contribution in [0, 0.1) is 0 Å². The predicted molar refractivity (Wildman–Crippen MR) is 95.6 cm³/mol. The van der Waals surface area contributed by atoms with E-state index in [0.717, 1.165) is 0 Å². The Hall–Kier alpha value is -3.67. The first kappa shape index (κ1) is 15.8. The fourth-order valence-corrected chi connectivity index (χ4v) is 2.89. The van der Waals surface area contributed by atoms with E-state index in [1.54, 1.807) is 30.3 Å². The van der Waals surface area contributed by atoms with Crippen LogP contribution in [-0.4, -0.2) is 10.9 Å². The van der Waals surface area contributed by atoms with E-state index < -0.39 is 17.0 Å². The summed E-state index contributed by atoms with van der Waals surface area (Å²) in [5, 5.41) is 10.6. The Morgan fingerprint density at radius 2 is 1.69 bits per heavy atom. The summed E-state index contributed by atoms with van der Waals surface area (Å²) in [6.45, 7) is 1.29. The number of aromatic hydroxyl groups is 1. The molecule has 1 N–H and O–H groups in total. The average Bonchev–Trinajstić information content (AvgIpc) is 2.60. The molecule has 4 rings (SSSR count). The van der Waals surface area contributed by atoms with E-state index in [1.807, 2.05) is 0 Å². The number of phenolic OH excluding ortho intramolecular Hbond substituents is 1. The van der Waals surface area contributed by atoms with Crippen LogP contribution in [0.3, 0.4) is 0 Å². The smallest absolute Gasteiger partial charge is 0.347 e. The zero-order valence-electron chi connectivity index (χ0n) is 13.6. The largest absolute Gasteiger partial charge is 0.508 e. The van der Waals surface area contributed by atoms with Gasteiger partial charge in [0, 0.05) is 22.4 Å². The van der Waals surface area contributed by atoms with E-state index in [9.17, 15) is 19.5 Å². The lowest BCUT2D eigenvalue weighted by atomic mass is 10.0. The molecule has 6 heteroatoms. The minimum atomic E-state index is -0.757. The zero-order valence-corrected chi connectivity index (χ0v) is 13.6. The third kappa shape index (κ3) is 2.48. The van der Waals surface area contributed by atoms with Gasteiger partial charge < -0.3 is 13.9 Å². The fraction of sp³-hybridized carbons (Fsp3) is 0.0500. The number of rotatable bonds is 2. The lowest BCUT2D eigenvalue weighted by Crippen LogP contribution is -2.11. The van der Waals surface area contributed by atoms with Crippen LogP contribution >= 0.6 is 0 Å². The van der Waals surface area contributed by atoms with E-state index >= 15 is 0 Å². The third-order valence-corrected chi connectivity index (χ3v) is 4.15. The van der Waals surface area contributed by atoms with Gasteiger partial charge in [0.1, 0.15) is 22.5 Å². The van der Waals surface area contributed by atoms with Crippen LogP contribution in [-0.2, 0) is 0 Å². The summed E-state index contributed by atoms with van der Waals surface area (Å²) >= 11 is 0. The highest BCUT2D eigenvalue weighted by molar-refractivity contribution is 5.99. The molecule has 0 aliphatic heterocycles. The first-order valence-corrected chi connectivity index (χ1v) is 7.79. The summed E-state index contributed by atoms with van der Waals surface area (Å²) in [5.74, 6) is -0.405. The van der Waals surface area contributed by atoms with Gasteiger partial charge in [-0.3, -0.25) is 4.79 Å². The Morgan fingerprint density at radius 1 is 0.885 bits per heavy atom. The van der Waals surface area contributed by atoms with E-state index in [4.69, 9.17) is 8.83 Å². The standard InChI is InChI=1S/C20H12O6/c1-10(21)15-8-12-3-2-4-14(18(12)26-19(15)23)16-7-11-5-6-13(22)9-17(11)25-20(16)24/h2-9,22H,1H3. The van der Waals surface area contributed by atoms with Gasteiger partial charge >= 0.3 is 11.3 Å². The van der Waals surface area contributed by atoms with Crippen molar-refractivity contribution in [1.82, 2.24) is 0 Å². The van der Waals surface area contributed by atoms with Crippen molar-refractivity contribution in [3.63, 3.8) is 0 Å². The summed E-state index contributed by atoms with van der Waals surface area (Å²) in [6.07, 6.45) is 0. The van der Waals surface area contributed by atoms with Crippen LogP contribution in [0.2, 0.25) is 0 Å². The van der Waals surface area contributed by atoms with Gasteiger partial charge in [-0.15, -0.1) is 0 Å². The minimum Gasteiger partial charge on any atom is -0.508 e. The summed E-state index contributed by atoms with van der Waals surface area (Å²) in [5.41, 5.74) is -0.379. The van der Waals surface area contributed by atoms with Crippen LogP contribution in [0.1, 0.15) is 17.3 Å². The van der Waals surface area contributed by atoms with Crippen molar-refractivity contribution in [2.45, 2.75) is 6.92 Å². The number of hydrogen-bond donors (Lipinski definition) is 1. The lowest BCUT2D eigenvalue weighted by molar-refractivity contribution is 0.101. The van der Waals surface area contributed by atoms with Crippen molar-refractivity contribution in [3.05, 3.63) is 74.9 Å². The van der Waals surface area contributed by atoms with Gasteiger partial charge in [0.05, 0.1) is 5.56 Å². The number of fused-ring (bicyclic) bond motifs is 2. The number of hydrogen-bond acceptors (Lipinski definition) is 6.